The predicted molar refractivity (Wildman–Crippen MR) is 146 cm³/mol. The molecule has 0 bridgehead atoms. The number of rotatable bonds is 13. The van der Waals surface area contributed by atoms with Gasteiger partial charge < -0.3 is 10.2 Å². The first-order valence-electron chi connectivity index (χ1n) is 12.1. The molecule has 3 aromatic carbocycles. The Labute approximate surface area is 222 Å². The number of hydrogen-bond donors (Lipinski definition) is 1. The van der Waals surface area contributed by atoms with Crippen LogP contribution in [0.2, 0.25) is 5.02 Å². The largest absolute Gasteiger partial charge is 0.354 e. The van der Waals surface area contributed by atoms with E-state index in [1.54, 1.807) is 18.2 Å². The first-order valence-corrected chi connectivity index (χ1v) is 13.7. The molecule has 0 heterocycles. The van der Waals surface area contributed by atoms with Crippen molar-refractivity contribution >= 4 is 35.2 Å². The lowest BCUT2D eigenvalue weighted by molar-refractivity contribution is -0.139. The van der Waals surface area contributed by atoms with Crippen molar-refractivity contribution in [3.63, 3.8) is 0 Å². The van der Waals surface area contributed by atoms with E-state index in [1.807, 2.05) is 54.6 Å². The third kappa shape index (κ3) is 8.68. The van der Waals surface area contributed by atoms with Crippen LogP contribution in [0.3, 0.4) is 0 Å². The Balaban J connectivity index is 1.84. The number of halogens is 2. The molecular weight excluding hydrogens is 495 g/mol. The Morgan fingerprint density at radius 2 is 1.72 bits per heavy atom. The van der Waals surface area contributed by atoms with E-state index in [0.29, 0.717) is 29.3 Å². The number of hydrogen-bond acceptors (Lipinski definition) is 3. The maximum Gasteiger partial charge on any atom is 0.243 e. The lowest BCUT2D eigenvalue weighted by atomic mass is 10.0. The van der Waals surface area contributed by atoms with Gasteiger partial charge in [0.2, 0.25) is 11.8 Å². The topological polar surface area (TPSA) is 49.4 Å². The van der Waals surface area contributed by atoms with Gasteiger partial charge in [0.25, 0.3) is 0 Å². The second kappa shape index (κ2) is 14.7. The van der Waals surface area contributed by atoms with Crippen LogP contribution in [-0.4, -0.2) is 35.1 Å². The number of nitrogens with zero attached hydrogens (tertiary/aromatic N) is 1. The number of carbonyl (C=O) groups excluding carboxylic acids is 2. The highest BCUT2D eigenvalue weighted by Gasteiger charge is 2.30. The second-order valence-electron chi connectivity index (χ2n) is 8.59. The third-order valence-corrected chi connectivity index (χ3v) is 7.01. The maximum atomic E-state index is 14.6. The summed E-state index contributed by atoms with van der Waals surface area (Å²) >= 11 is 7.53. The van der Waals surface area contributed by atoms with E-state index >= 15 is 0 Å². The number of thioether (sulfide) groups is 1. The van der Waals surface area contributed by atoms with Crippen LogP contribution in [0.1, 0.15) is 36.5 Å². The van der Waals surface area contributed by atoms with Gasteiger partial charge in [-0.3, -0.25) is 9.59 Å². The van der Waals surface area contributed by atoms with Crippen molar-refractivity contribution in [1.82, 2.24) is 10.2 Å². The Morgan fingerprint density at radius 1 is 1.00 bits per heavy atom. The molecule has 190 valence electrons. The fourth-order valence-corrected chi connectivity index (χ4v) is 4.91. The van der Waals surface area contributed by atoms with Gasteiger partial charge in [0.05, 0.1) is 5.75 Å². The Hall–Kier alpha value is -2.83. The van der Waals surface area contributed by atoms with Crippen molar-refractivity contribution in [2.45, 2.75) is 44.5 Å². The van der Waals surface area contributed by atoms with Crippen LogP contribution in [-0.2, 0) is 28.3 Å². The maximum absolute atomic E-state index is 14.6. The minimum absolute atomic E-state index is 0.0158. The van der Waals surface area contributed by atoms with Crippen LogP contribution in [0.15, 0.2) is 78.9 Å². The molecule has 0 aromatic heterocycles. The molecule has 36 heavy (non-hydrogen) atoms. The second-order valence-corrected chi connectivity index (χ2v) is 10.0. The number of unbranched alkanes of at least 4 members (excludes halogenated alkanes) is 1. The number of carbonyl (C=O) groups is 2. The molecule has 7 heteroatoms. The molecule has 0 aliphatic rings. The van der Waals surface area contributed by atoms with Gasteiger partial charge in [-0.2, -0.15) is 0 Å². The molecule has 1 unspecified atom stereocenters. The number of benzene rings is 3. The number of nitrogens with one attached hydrogen (secondary N) is 1. The molecule has 0 saturated carbocycles. The van der Waals surface area contributed by atoms with Gasteiger partial charge in [0.1, 0.15) is 11.9 Å². The van der Waals surface area contributed by atoms with Crippen molar-refractivity contribution in [3.05, 3.63) is 106 Å². The zero-order valence-electron chi connectivity index (χ0n) is 20.5. The molecule has 3 rings (SSSR count). The third-order valence-electron chi connectivity index (χ3n) is 5.78. The van der Waals surface area contributed by atoms with Gasteiger partial charge >= 0.3 is 0 Å². The fraction of sp³-hybridized carbons (Fsp3) is 0.310. The van der Waals surface area contributed by atoms with E-state index in [4.69, 9.17) is 11.6 Å². The van der Waals surface area contributed by atoms with E-state index in [9.17, 15) is 14.0 Å². The van der Waals surface area contributed by atoms with Crippen molar-refractivity contribution < 1.29 is 14.0 Å². The summed E-state index contributed by atoms with van der Waals surface area (Å²) in [6.45, 7) is 2.60. The van der Waals surface area contributed by atoms with Crippen molar-refractivity contribution in [3.8, 4) is 0 Å². The van der Waals surface area contributed by atoms with E-state index in [2.05, 4.69) is 12.2 Å². The van der Waals surface area contributed by atoms with Crippen LogP contribution < -0.4 is 5.32 Å². The molecule has 2 amide bonds. The average molecular weight is 527 g/mol. The molecule has 1 atom stereocenters. The summed E-state index contributed by atoms with van der Waals surface area (Å²) in [4.78, 5) is 28.4. The van der Waals surface area contributed by atoms with Gasteiger partial charge in [-0.25, -0.2) is 4.39 Å². The van der Waals surface area contributed by atoms with Gasteiger partial charge in [0, 0.05) is 35.8 Å². The van der Waals surface area contributed by atoms with Crippen LogP contribution in [0.5, 0.6) is 0 Å². The van der Waals surface area contributed by atoms with E-state index in [1.165, 1.54) is 22.7 Å². The monoisotopic (exact) mass is 526 g/mol. The molecule has 0 radical (unpaired) electrons. The molecule has 0 saturated heterocycles. The summed E-state index contributed by atoms with van der Waals surface area (Å²) in [5.41, 5.74) is 2.33. The molecule has 0 aliphatic heterocycles. The summed E-state index contributed by atoms with van der Waals surface area (Å²) in [5.74, 6) is -0.0687. The Bertz CT molecular complexity index is 1130. The van der Waals surface area contributed by atoms with Crippen LogP contribution in [0.4, 0.5) is 4.39 Å². The highest BCUT2D eigenvalue weighted by Crippen LogP contribution is 2.21. The molecule has 0 aliphatic carbocycles. The Kier molecular flexibility index (Phi) is 11.3. The zero-order chi connectivity index (χ0) is 25.8. The molecule has 3 aromatic rings. The minimum atomic E-state index is -0.761. The van der Waals surface area contributed by atoms with Gasteiger partial charge in [-0.15, -0.1) is 11.8 Å². The zero-order valence-corrected chi connectivity index (χ0v) is 22.0. The van der Waals surface area contributed by atoms with Crippen LogP contribution >= 0.6 is 23.4 Å². The van der Waals surface area contributed by atoms with Crippen LogP contribution in [0.25, 0.3) is 0 Å². The van der Waals surface area contributed by atoms with Gasteiger partial charge in [-0.05, 0) is 35.7 Å². The normalized spacial score (nSPS) is 11.6. The standard InChI is InChI=1S/C29H32ClFN2O2S/c1-2-3-16-32-29(35)27(18-22-10-5-4-6-11-22)33(19-24-13-7-8-15-26(24)31)28(34)21-36-20-23-12-9-14-25(30)17-23/h4-15,17,27H,2-3,16,18-21H2,1H3,(H,32,35). The van der Waals surface area contributed by atoms with Crippen molar-refractivity contribution in [2.75, 3.05) is 12.3 Å². The molecule has 1 N–H and O–H groups in total. The highest BCUT2D eigenvalue weighted by molar-refractivity contribution is 7.99. The molecule has 0 fully saturated rings. The smallest absolute Gasteiger partial charge is 0.243 e. The molecule has 4 nitrogen and oxygen atoms in total. The Morgan fingerprint density at radius 3 is 2.44 bits per heavy atom. The minimum Gasteiger partial charge on any atom is -0.354 e. The van der Waals surface area contributed by atoms with Crippen molar-refractivity contribution in [2.24, 2.45) is 0 Å². The first-order chi connectivity index (χ1) is 17.5. The summed E-state index contributed by atoms with van der Waals surface area (Å²) in [6, 6.07) is 22.7. The van der Waals surface area contributed by atoms with Gasteiger partial charge in [-0.1, -0.05) is 85.6 Å². The summed E-state index contributed by atoms with van der Waals surface area (Å²) < 4.78 is 14.6. The van der Waals surface area contributed by atoms with Gasteiger partial charge in [0.15, 0.2) is 0 Å². The average Bonchev–Trinajstić information content (AvgIpc) is 2.88. The van der Waals surface area contributed by atoms with E-state index in [0.717, 1.165) is 24.0 Å². The summed E-state index contributed by atoms with van der Waals surface area (Å²) in [6.07, 6.45) is 2.14. The lowest BCUT2D eigenvalue weighted by Gasteiger charge is -2.31. The molecule has 0 spiro atoms. The number of amides is 2. The summed E-state index contributed by atoms with van der Waals surface area (Å²) in [5, 5.41) is 3.63. The highest BCUT2D eigenvalue weighted by atomic mass is 35.5. The predicted octanol–water partition coefficient (Wildman–Crippen LogP) is 6.27. The van der Waals surface area contributed by atoms with E-state index < -0.39 is 11.9 Å². The quantitative estimate of drug-likeness (QED) is 0.267. The lowest BCUT2D eigenvalue weighted by Crippen LogP contribution is -2.51. The summed E-state index contributed by atoms with van der Waals surface area (Å²) in [7, 11) is 0. The first kappa shape index (κ1) is 27.8. The fourth-order valence-electron chi connectivity index (χ4n) is 3.84. The van der Waals surface area contributed by atoms with E-state index in [-0.39, 0.29) is 24.1 Å². The van der Waals surface area contributed by atoms with Crippen molar-refractivity contribution in [1.29, 1.82) is 0 Å². The molecular formula is C29H32ClFN2O2S. The van der Waals surface area contributed by atoms with Crippen LogP contribution in [0, 0.1) is 5.82 Å². The SMILES string of the molecule is CCCCNC(=O)C(Cc1ccccc1)N(Cc1ccccc1F)C(=O)CSCc1cccc(Cl)c1.